The lowest BCUT2D eigenvalue weighted by Gasteiger charge is -2.27. The first-order valence-corrected chi connectivity index (χ1v) is 4.59. The van der Waals surface area contributed by atoms with Gasteiger partial charge in [-0.15, -0.1) is 6.58 Å². The summed E-state index contributed by atoms with van der Waals surface area (Å²) in [5.74, 6) is 0. The van der Waals surface area contributed by atoms with Crippen molar-refractivity contribution in [2.75, 3.05) is 0 Å². The van der Waals surface area contributed by atoms with E-state index >= 15 is 0 Å². The van der Waals surface area contributed by atoms with Crippen molar-refractivity contribution in [2.45, 2.75) is 51.2 Å². The molecule has 0 aliphatic carbocycles. The van der Waals surface area contributed by atoms with Crippen LogP contribution in [0.1, 0.15) is 39.5 Å². The van der Waals surface area contributed by atoms with E-state index in [9.17, 15) is 10.2 Å². The monoisotopic (exact) mass is 172 g/mol. The number of hydrogen-bond acceptors (Lipinski definition) is 2. The zero-order valence-corrected chi connectivity index (χ0v) is 8.08. The van der Waals surface area contributed by atoms with Crippen LogP contribution in [-0.4, -0.2) is 21.9 Å². The molecule has 0 aromatic carbocycles. The predicted octanol–water partition coefficient (Wildman–Crippen LogP) is 1.86. The molecule has 72 valence electrons. The minimum absolute atomic E-state index is 0.394. The van der Waals surface area contributed by atoms with E-state index in [4.69, 9.17) is 0 Å². The van der Waals surface area contributed by atoms with Gasteiger partial charge in [0.1, 0.15) is 0 Å². The van der Waals surface area contributed by atoms with Crippen LogP contribution in [0.25, 0.3) is 0 Å². The molecular formula is C10H20O2. The number of rotatable bonds is 6. The smallest absolute Gasteiger partial charge is 0.0703 e. The minimum Gasteiger partial charge on any atom is -0.393 e. The summed E-state index contributed by atoms with van der Waals surface area (Å²) in [6, 6.07) is 0. The van der Waals surface area contributed by atoms with Crippen molar-refractivity contribution in [3.05, 3.63) is 12.7 Å². The van der Waals surface area contributed by atoms with Crippen molar-refractivity contribution in [3.8, 4) is 0 Å². The highest BCUT2D eigenvalue weighted by molar-refractivity contribution is 4.87. The summed E-state index contributed by atoms with van der Waals surface area (Å²) in [4.78, 5) is 0. The van der Waals surface area contributed by atoms with E-state index in [0.29, 0.717) is 25.7 Å². The van der Waals surface area contributed by atoms with Crippen molar-refractivity contribution in [2.24, 2.45) is 0 Å². The third-order valence-electron chi connectivity index (χ3n) is 2.27. The Hall–Kier alpha value is -0.340. The fraction of sp³-hybridized carbons (Fsp3) is 0.800. The highest BCUT2D eigenvalue weighted by atomic mass is 16.3. The molecule has 0 unspecified atom stereocenters. The van der Waals surface area contributed by atoms with E-state index < -0.39 is 11.7 Å². The van der Waals surface area contributed by atoms with Crippen LogP contribution >= 0.6 is 0 Å². The zero-order valence-electron chi connectivity index (χ0n) is 8.08. The van der Waals surface area contributed by atoms with Gasteiger partial charge < -0.3 is 10.2 Å². The maximum absolute atomic E-state index is 9.89. The topological polar surface area (TPSA) is 40.5 Å². The Morgan fingerprint density at radius 2 is 2.08 bits per heavy atom. The fourth-order valence-electron chi connectivity index (χ4n) is 1.22. The molecule has 0 aliphatic rings. The number of aliphatic hydroxyl groups is 2. The quantitative estimate of drug-likeness (QED) is 0.600. The molecule has 0 saturated heterocycles. The number of aliphatic hydroxyl groups excluding tert-OH is 1. The molecule has 0 saturated carbocycles. The molecule has 0 bridgehead atoms. The van der Waals surface area contributed by atoms with Gasteiger partial charge in [-0.05, 0) is 19.3 Å². The number of hydrogen-bond donors (Lipinski definition) is 2. The first-order valence-electron chi connectivity index (χ1n) is 4.59. The third kappa shape index (κ3) is 3.88. The SMILES string of the molecule is C=CC[C@@](O)(CC)C[C@@H](O)CC. The van der Waals surface area contributed by atoms with E-state index in [1.54, 1.807) is 6.08 Å². The van der Waals surface area contributed by atoms with Gasteiger partial charge in [0.15, 0.2) is 0 Å². The molecule has 2 atom stereocenters. The summed E-state index contributed by atoms with van der Waals surface area (Å²) in [7, 11) is 0. The average molecular weight is 172 g/mol. The molecule has 2 heteroatoms. The van der Waals surface area contributed by atoms with Gasteiger partial charge in [-0.2, -0.15) is 0 Å². The average Bonchev–Trinajstić information content (AvgIpc) is 2.05. The zero-order chi connectivity index (χ0) is 9.61. The van der Waals surface area contributed by atoms with Crippen LogP contribution < -0.4 is 0 Å². The second-order valence-electron chi connectivity index (χ2n) is 3.34. The van der Waals surface area contributed by atoms with Gasteiger partial charge in [0.2, 0.25) is 0 Å². The van der Waals surface area contributed by atoms with E-state index in [-0.39, 0.29) is 0 Å². The second kappa shape index (κ2) is 5.33. The van der Waals surface area contributed by atoms with Crippen molar-refractivity contribution in [1.29, 1.82) is 0 Å². The molecule has 2 N–H and O–H groups in total. The summed E-state index contributed by atoms with van der Waals surface area (Å²) in [5.41, 5.74) is -0.753. The maximum atomic E-state index is 9.89. The van der Waals surface area contributed by atoms with E-state index in [1.165, 1.54) is 0 Å². The van der Waals surface area contributed by atoms with Crippen LogP contribution in [0.15, 0.2) is 12.7 Å². The molecule has 0 aromatic heterocycles. The summed E-state index contributed by atoms with van der Waals surface area (Å²) in [6.07, 6.45) is 3.67. The van der Waals surface area contributed by atoms with Gasteiger partial charge in [0.25, 0.3) is 0 Å². The van der Waals surface area contributed by atoms with E-state index in [0.717, 1.165) is 0 Å². The summed E-state index contributed by atoms with van der Waals surface area (Å²) < 4.78 is 0. The van der Waals surface area contributed by atoms with Gasteiger partial charge >= 0.3 is 0 Å². The highest BCUT2D eigenvalue weighted by Gasteiger charge is 2.25. The molecule has 0 rings (SSSR count). The molecule has 12 heavy (non-hydrogen) atoms. The van der Waals surface area contributed by atoms with Crippen molar-refractivity contribution >= 4 is 0 Å². The predicted molar refractivity (Wildman–Crippen MR) is 51.0 cm³/mol. The lowest BCUT2D eigenvalue weighted by Crippen LogP contribution is -2.31. The molecule has 0 radical (unpaired) electrons. The van der Waals surface area contributed by atoms with Gasteiger partial charge in [-0.3, -0.25) is 0 Å². The van der Waals surface area contributed by atoms with Crippen molar-refractivity contribution < 1.29 is 10.2 Å². The van der Waals surface area contributed by atoms with Crippen molar-refractivity contribution in [1.82, 2.24) is 0 Å². The first kappa shape index (κ1) is 11.7. The fourth-order valence-corrected chi connectivity index (χ4v) is 1.22. The molecule has 0 spiro atoms. The standard InChI is InChI=1S/C10H20O2/c1-4-7-10(12,6-3)8-9(11)5-2/h4,9,11-12H,1,5-8H2,2-3H3/t9-,10-/m0/s1. The van der Waals surface area contributed by atoms with Crippen LogP contribution in [-0.2, 0) is 0 Å². The third-order valence-corrected chi connectivity index (χ3v) is 2.27. The maximum Gasteiger partial charge on any atom is 0.0703 e. The lowest BCUT2D eigenvalue weighted by atomic mass is 9.89. The Balaban J connectivity index is 4.02. The Kier molecular flexibility index (Phi) is 5.18. The Labute approximate surface area is 74.9 Å². The Morgan fingerprint density at radius 1 is 1.50 bits per heavy atom. The van der Waals surface area contributed by atoms with Gasteiger partial charge in [0.05, 0.1) is 11.7 Å². The summed E-state index contributed by atoms with van der Waals surface area (Å²) in [5, 5.41) is 19.2. The molecular weight excluding hydrogens is 152 g/mol. The largest absolute Gasteiger partial charge is 0.393 e. The first-order chi connectivity index (χ1) is 5.58. The Morgan fingerprint density at radius 3 is 2.42 bits per heavy atom. The summed E-state index contributed by atoms with van der Waals surface area (Å²) >= 11 is 0. The van der Waals surface area contributed by atoms with Crippen LogP contribution in [0, 0.1) is 0 Å². The van der Waals surface area contributed by atoms with Gasteiger partial charge in [-0.1, -0.05) is 19.9 Å². The van der Waals surface area contributed by atoms with Crippen LogP contribution in [0.3, 0.4) is 0 Å². The second-order valence-corrected chi connectivity index (χ2v) is 3.34. The van der Waals surface area contributed by atoms with Gasteiger partial charge in [-0.25, -0.2) is 0 Å². The molecule has 0 heterocycles. The van der Waals surface area contributed by atoms with Crippen LogP contribution in [0.4, 0.5) is 0 Å². The summed E-state index contributed by atoms with van der Waals surface area (Å²) in [6.45, 7) is 7.42. The van der Waals surface area contributed by atoms with Crippen LogP contribution in [0.5, 0.6) is 0 Å². The van der Waals surface area contributed by atoms with Gasteiger partial charge in [0, 0.05) is 6.42 Å². The highest BCUT2D eigenvalue weighted by Crippen LogP contribution is 2.22. The molecule has 0 aromatic rings. The van der Waals surface area contributed by atoms with Crippen molar-refractivity contribution in [3.63, 3.8) is 0 Å². The van der Waals surface area contributed by atoms with E-state index in [1.807, 2.05) is 13.8 Å². The normalized spacial score (nSPS) is 18.3. The van der Waals surface area contributed by atoms with E-state index in [2.05, 4.69) is 6.58 Å². The lowest BCUT2D eigenvalue weighted by molar-refractivity contribution is -0.0123. The molecule has 0 fully saturated rings. The minimum atomic E-state index is -0.753. The molecule has 0 amide bonds. The van der Waals surface area contributed by atoms with Crippen LogP contribution in [0.2, 0.25) is 0 Å². The Bertz CT molecular complexity index is 134. The molecule has 0 aliphatic heterocycles. The molecule has 2 nitrogen and oxygen atoms in total.